The zero-order chi connectivity index (χ0) is 12.8. The van der Waals surface area contributed by atoms with Crippen molar-refractivity contribution in [3.8, 4) is 11.5 Å². The molecule has 0 aliphatic rings. The Labute approximate surface area is 102 Å². The first-order chi connectivity index (χ1) is 8.12. The van der Waals surface area contributed by atoms with Crippen molar-refractivity contribution in [3.63, 3.8) is 0 Å². The second-order valence-corrected chi connectivity index (χ2v) is 3.86. The molecule has 0 aliphatic heterocycles. The van der Waals surface area contributed by atoms with Crippen molar-refractivity contribution in [2.24, 2.45) is 0 Å². The fourth-order valence-electron chi connectivity index (χ4n) is 1.59. The number of ether oxygens (including phenoxy) is 2. The lowest BCUT2D eigenvalue weighted by Gasteiger charge is -2.17. The number of nitrogen functional groups attached to an aromatic ring is 1. The number of benzene rings is 1. The van der Waals surface area contributed by atoms with Crippen LogP contribution in [0.3, 0.4) is 0 Å². The third kappa shape index (κ3) is 3.31. The summed E-state index contributed by atoms with van der Waals surface area (Å²) in [5.74, 6) is 1.29. The molecule has 3 N–H and O–H groups in total. The van der Waals surface area contributed by atoms with Crippen LogP contribution in [-0.2, 0) is 0 Å². The van der Waals surface area contributed by atoms with Crippen molar-refractivity contribution in [1.82, 2.24) is 0 Å². The van der Waals surface area contributed by atoms with Gasteiger partial charge in [-0.1, -0.05) is 6.08 Å². The molecular formula is C13H20N2O2. The van der Waals surface area contributed by atoms with Crippen molar-refractivity contribution in [2.75, 3.05) is 25.3 Å². The minimum Gasteiger partial charge on any atom is -0.493 e. The summed E-state index contributed by atoms with van der Waals surface area (Å²) >= 11 is 0. The van der Waals surface area contributed by atoms with E-state index < -0.39 is 0 Å². The standard InChI is InChI=1S/C13H20N2O2/c1-5-6-9(2)15-11-8-13(17-4)12(16-3)7-10(11)14/h5,7-9,15H,1,6,14H2,2-4H3. The van der Waals surface area contributed by atoms with Crippen molar-refractivity contribution in [1.29, 1.82) is 0 Å². The van der Waals surface area contributed by atoms with E-state index >= 15 is 0 Å². The average Bonchev–Trinajstić information content (AvgIpc) is 2.31. The van der Waals surface area contributed by atoms with Crippen molar-refractivity contribution >= 4 is 11.4 Å². The van der Waals surface area contributed by atoms with Crippen LogP contribution in [0.15, 0.2) is 24.8 Å². The van der Waals surface area contributed by atoms with Gasteiger partial charge in [-0.3, -0.25) is 0 Å². The van der Waals surface area contributed by atoms with Gasteiger partial charge in [0.25, 0.3) is 0 Å². The Kier molecular flexibility index (Phi) is 4.69. The Bertz CT molecular complexity index is 391. The number of nitrogens with one attached hydrogen (secondary N) is 1. The Morgan fingerprint density at radius 2 is 1.94 bits per heavy atom. The van der Waals surface area contributed by atoms with Crippen LogP contribution in [0.2, 0.25) is 0 Å². The van der Waals surface area contributed by atoms with Crippen LogP contribution >= 0.6 is 0 Å². The van der Waals surface area contributed by atoms with Crippen LogP contribution in [0.5, 0.6) is 11.5 Å². The molecule has 1 atom stereocenters. The lowest BCUT2D eigenvalue weighted by atomic mass is 10.2. The Balaban J connectivity index is 2.96. The topological polar surface area (TPSA) is 56.5 Å². The van der Waals surface area contributed by atoms with Gasteiger partial charge >= 0.3 is 0 Å². The maximum atomic E-state index is 5.94. The minimum absolute atomic E-state index is 0.271. The summed E-state index contributed by atoms with van der Waals surface area (Å²) in [4.78, 5) is 0. The van der Waals surface area contributed by atoms with Crippen LogP contribution in [0, 0.1) is 0 Å². The zero-order valence-electron chi connectivity index (χ0n) is 10.6. The molecule has 1 unspecified atom stereocenters. The molecule has 94 valence electrons. The Morgan fingerprint density at radius 1 is 1.35 bits per heavy atom. The predicted octanol–water partition coefficient (Wildman–Crippen LogP) is 2.66. The molecule has 0 aliphatic carbocycles. The van der Waals surface area contributed by atoms with Gasteiger partial charge in [-0.2, -0.15) is 0 Å². The van der Waals surface area contributed by atoms with E-state index in [4.69, 9.17) is 15.2 Å². The van der Waals surface area contributed by atoms with Gasteiger partial charge in [-0.25, -0.2) is 0 Å². The molecule has 0 bridgehead atoms. The van der Waals surface area contributed by atoms with E-state index in [0.29, 0.717) is 17.2 Å². The quantitative estimate of drug-likeness (QED) is 0.589. The first-order valence-electron chi connectivity index (χ1n) is 5.51. The molecule has 1 rings (SSSR count). The van der Waals surface area contributed by atoms with Gasteiger partial charge in [0.1, 0.15) is 0 Å². The van der Waals surface area contributed by atoms with Gasteiger partial charge in [-0.05, 0) is 13.3 Å². The molecular weight excluding hydrogens is 216 g/mol. The second-order valence-electron chi connectivity index (χ2n) is 3.86. The number of nitrogens with two attached hydrogens (primary N) is 1. The molecule has 0 spiro atoms. The molecule has 17 heavy (non-hydrogen) atoms. The van der Waals surface area contributed by atoms with Gasteiger partial charge in [-0.15, -0.1) is 6.58 Å². The first-order valence-corrected chi connectivity index (χ1v) is 5.51. The molecule has 0 aromatic heterocycles. The van der Waals surface area contributed by atoms with Crippen LogP contribution in [0.4, 0.5) is 11.4 Å². The minimum atomic E-state index is 0.271. The Morgan fingerprint density at radius 3 is 2.47 bits per heavy atom. The number of hydrogen-bond acceptors (Lipinski definition) is 4. The zero-order valence-corrected chi connectivity index (χ0v) is 10.6. The molecule has 0 saturated carbocycles. The van der Waals surface area contributed by atoms with E-state index in [-0.39, 0.29) is 6.04 Å². The average molecular weight is 236 g/mol. The van der Waals surface area contributed by atoms with Gasteiger partial charge in [0.2, 0.25) is 0 Å². The first kappa shape index (κ1) is 13.2. The highest BCUT2D eigenvalue weighted by Gasteiger charge is 2.10. The third-order valence-corrected chi connectivity index (χ3v) is 2.48. The molecule has 0 amide bonds. The van der Waals surface area contributed by atoms with E-state index in [9.17, 15) is 0 Å². The van der Waals surface area contributed by atoms with E-state index in [0.717, 1.165) is 12.1 Å². The van der Waals surface area contributed by atoms with Crippen LogP contribution < -0.4 is 20.5 Å². The van der Waals surface area contributed by atoms with Crippen molar-refractivity contribution in [2.45, 2.75) is 19.4 Å². The summed E-state index contributed by atoms with van der Waals surface area (Å²) in [5, 5.41) is 3.31. The molecule has 0 radical (unpaired) electrons. The summed E-state index contributed by atoms with van der Waals surface area (Å²) in [6.45, 7) is 5.78. The van der Waals surface area contributed by atoms with Crippen molar-refractivity contribution in [3.05, 3.63) is 24.8 Å². The van der Waals surface area contributed by atoms with Crippen LogP contribution in [0.1, 0.15) is 13.3 Å². The number of methoxy groups -OCH3 is 2. The van der Waals surface area contributed by atoms with Gasteiger partial charge in [0.15, 0.2) is 11.5 Å². The van der Waals surface area contributed by atoms with E-state index in [1.807, 2.05) is 12.1 Å². The summed E-state index contributed by atoms with van der Waals surface area (Å²) in [5.41, 5.74) is 7.42. The number of rotatable bonds is 6. The predicted molar refractivity (Wildman–Crippen MR) is 71.9 cm³/mol. The highest BCUT2D eigenvalue weighted by molar-refractivity contribution is 5.72. The van der Waals surface area contributed by atoms with Gasteiger partial charge in [0.05, 0.1) is 25.6 Å². The number of hydrogen-bond donors (Lipinski definition) is 2. The summed E-state index contributed by atoms with van der Waals surface area (Å²) in [6, 6.07) is 3.86. The Hall–Kier alpha value is -1.84. The fraction of sp³-hybridized carbons (Fsp3) is 0.385. The lowest BCUT2D eigenvalue weighted by molar-refractivity contribution is 0.355. The fourth-order valence-corrected chi connectivity index (χ4v) is 1.59. The molecule has 0 fully saturated rings. The van der Waals surface area contributed by atoms with Gasteiger partial charge in [0, 0.05) is 18.2 Å². The maximum Gasteiger partial charge on any atom is 0.162 e. The summed E-state index contributed by atoms with van der Waals surface area (Å²) in [6.07, 6.45) is 2.74. The number of anilines is 2. The third-order valence-electron chi connectivity index (χ3n) is 2.48. The molecule has 0 saturated heterocycles. The van der Waals surface area contributed by atoms with Gasteiger partial charge < -0.3 is 20.5 Å². The van der Waals surface area contributed by atoms with Crippen LogP contribution in [-0.4, -0.2) is 20.3 Å². The van der Waals surface area contributed by atoms with Crippen LogP contribution in [0.25, 0.3) is 0 Å². The van der Waals surface area contributed by atoms with Crippen molar-refractivity contribution < 1.29 is 9.47 Å². The summed E-state index contributed by atoms with van der Waals surface area (Å²) in [7, 11) is 3.19. The van der Waals surface area contributed by atoms with E-state index in [1.54, 1.807) is 20.3 Å². The normalized spacial score (nSPS) is 11.7. The molecule has 4 heteroatoms. The summed E-state index contributed by atoms with van der Waals surface area (Å²) < 4.78 is 10.4. The molecule has 1 aromatic rings. The second kappa shape index (κ2) is 6.03. The molecule has 4 nitrogen and oxygen atoms in total. The lowest BCUT2D eigenvalue weighted by Crippen LogP contribution is -2.15. The largest absolute Gasteiger partial charge is 0.493 e. The maximum absolute atomic E-state index is 5.94. The smallest absolute Gasteiger partial charge is 0.162 e. The monoisotopic (exact) mass is 236 g/mol. The van der Waals surface area contributed by atoms with E-state index in [2.05, 4.69) is 18.8 Å². The molecule has 1 aromatic carbocycles. The SMILES string of the molecule is C=CCC(C)Nc1cc(OC)c(OC)cc1N. The highest BCUT2D eigenvalue weighted by Crippen LogP contribution is 2.35. The molecule has 0 heterocycles. The van der Waals surface area contributed by atoms with E-state index in [1.165, 1.54) is 0 Å². The highest BCUT2D eigenvalue weighted by atomic mass is 16.5.